The van der Waals surface area contributed by atoms with Gasteiger partial charge in [-0.2, -0.15) is 0 Å². The highest BCUT2D eigenvalue weighted by atomic mass is 16.5. The predicted molar refractivity (Wildman–Crippen MR) is 70.8 cm³/mol. The summed E-state index contributed by atoms with van der Waals surface area (Å²) in [6, 6.07) is 7.25. The fraction of sp³-hybridized carbons (Fsp3) is 0.357. The fourth-order valence-electron chi connectivity index (χ4n) is 1.75. The molecule has 0 saturated carbocycles. The maximum Gasteiger partial charge on any atom is 0.255 e. The van der Waals surface area contributed by atoms with Gasteiger partial charge in [0.2, 0.25) is 0 Å². The lowest BCUT2D eigenvalue weighted by molar-refractivity contribution is 0.0938. The van der Waals surface area contributed by atoms with Crippen LogP contribution in [0.2, 0.25) is 0 Å². The molecule has 4 heteroatoms. The SMILES string of the molecule is C=CCOc1ccccc1C(=O)NCC1CNC1. The molecule has 1 heterocycles. The Kier molecular flexibility index (Phi) is 4.36. The number of hydrogen-bond donors (Lipinski definition) is 2. The van der Waals surface area contributed by atoms with Crippen LogP contribution in [0, 0.1) is 5.92 Å². The van der Waals surface area contributed by atoms with Gasteiger partial charge in [0, 0.05) is 25.6 Å². The van der Waals surface area contributed by atoms with Gasteiger partial charge in [0.1, 0.15) is 12.4 Å². The monoisotopic (exact) mass is 246 g/mol. The van der Waals surface area contributed by atoms with Crippen LogP contribution in [0.15, 0.2) is 36.9 Å². The van der Waals surface area contributed by atoms with E-state index in [4.69, 9.17) is 4.74 Å². The van der Waals surface area contributed by atoms with Crippen molar-refractivity contribution < 1.29 is 9.53 Å². The Morgan fingerprint density at radius 3 is 2.94 bits per heavy atom. The summed E-state index contributed by atoms with van der Waals surface area (Å²) in [5.41, 5.74) is 0.576. The Morgan fingerprint density at radius 1 is 1.50 bits per heavy atom. The molecule has 0 bridgehead atoms. The normalized spacial score (nSPS) is 14.7. The van der Waals surface area contributed by atoms with Crippen LogP contribution < -0.4 is 15.4 Å². The van der Waals surface area contributed by atoms with E-state index in [-0.39, 0.29) is 5.91 Å². The third kappa shape index (κ3) is 3.11. The van der Waals surface area contributed by atoms with E-state index in [1.54, 1.807) is 18.2 Å². The number of benzene rings is 1. The molecule has 2 N–H and O–H groups in total. The van der Waals surface area contributed by atoms with Crippen molar-refractivity contribution in [1.29, 1.82) is 0 Å². The fourth-order valence-corrected chi connectivity index (χ4v) is 1.75. The number of nitrogens with one attached hydrogen (secondary N) is 2. The lowest BCUT2D eigenvalue weighted by Crippen LogP contribution is -2.48. The molecule has 18 heavy (non-hydrogen) atoms. The van der Waals surface area contributed by atoms with Crippen LogP contribution in [-0.4, -0.2) is 32.1 Å². The highest BCUT2D eigenvalue weighted by molar-refractivity contribution is 5.96. The Morgan fingerprint density at radius 2 is 2.28 bits per heavy atom. The molecular weight excluding hydrogens is 228 g/mol. The molecule has 0 aliphatic carbocycles. The van der Waals surface area contributed by atoms with Crippen molar-refractivity contribution in [1.82, 2.24) is 10.6 Å². The summed E-state index contributed by atoms with van der Waals surface area (Å²) in [7, 11) is 0. The Labute approximate surface area is 107 Å². The van der Waals surface area contributed by atoms with Crippen LogP contribution in [0.4, 0.5) is 0 Å². The zero-order valence-corrected chi connectivity index (χ0v) is 10.3. The first-order valence-corrected chi connectivity index (χ1v) is 6.13. The first kappa shape index (κ1) is 12.6. The number of carbonyl (C=O) groups excluding carboxylic acids is 1. The first-order chi connectivity index (χ1) is 8.81. The molecule has 0 radical (unpaired) electrons. The molecule has 2 rings (SSSR count). The van der Waals surface area contributed by atoms with E-state index in [1.165, 1.54) is 0 Å². The topological polar surface area (TPSA) is 50.4 Å². The minimum absolute atomic E-state index is 0.0819. The average Bonchev–Trinajstić information content (AvgIpc) is 2.34. The summed E-state index contributed by atoms with van der Waals surface area (Å²) in [6.45, 7) is 6.67. The van der Waals surface area contributed by atoms with Crippen LogP contribution in [0.25, 0.3) is 0 Å². The Hall–Kier alpha value is -1.81. The predicted octanol–water partition coefficient (Wildman–Crippen LogP) is 1.20. The van der Waals surface area contributed by atoms with Crippen LogP contribution >= 0.6 is 0 Å². The Bertz CT molecular complexity index is 428. The molecule has 1 fully saturated rings. The molecule has 96 valence electrons. The third-order valence-corrected chi connectivity index (χ3v) is 2.91. The van der Waals surface area contributed by atoms with Gasteiger partial charge in [0.15, 0.2) is 0 Å². The van der Waals surface area contributed by atoms with E-state index in [2.05, 4.69) is 17.2 Å². The molecule has 0 spiro atoms. The van der Waals surface area contributed by atoms with E-state index in [9.17, 15) is 4.79 Å². The van der Waals surface area contributed by atoms with Crippen molar-refractivity contribution in [3.05, 3.63) is 42.5 Å². The zero-order valence-electron chi connectivity index (χ0n) is 10.3. The molecule has 0 unspecified atom stereocenters. The van der Waals surface area contributed by atoms with Crippen molar-refractivity contribution >= 4 is 5.91 Å². The second kappa shape index (κ2) is 6.21. The number of carbonyl (C=O) groups is 1. The first-order valence-electron chi connectivity index (χ1n) is 6.13. The second-order valence-electron chi connectivity index (χ2n) is 4.33. The molecule has 0 atom stereocenters. The van der Waals surface area contributed by atoms with Gasteiger partial charge in [-0.3, -0.25) is 4.79 Å². The summed E-state index contributed by atoms with van der Waals surface area (Å²) < 4.78 is 5.46. The number of para-hydroxylation sites is 1. The summed E-state index contributed by atoms with van der Waals surface area (Å²) >= 11 is 0. The van der Waals surface area contributed by atoms with Gasteiger partial charge in [-0.1, -0.05) is 24.8 Å². The number of amides is 1. The van der Waals surface area contributed by atoms with Gasteiger partial charge in [-0.15, -0.1) is 0 Å². The van der Waals surface area contributed by atoms with Crippen LogP contribution in [0.3, 0.4) is 0 Å². The summed E-state index contributed by atoms with van der Waals surface area (Å²) in [5.74, 6) is 1.07. The Balaban J connectivity index is 1.96. The molecule has 1 aromatic carbocycles. The van der Waals surface area contributed by atoms with E-state index in [0.717, 1.165) is 13.1 Å². The standard InChI is InChI=1S/C14H18N2O2/c1-2-7-18-13-6-4-3-5-12(13)14(17)16-10-11-8-15-9-11/h2-6,11,15H,1,7-10H2,(H,16,17). The minimum atomic E-state index is -0.0819. The van der Waals surface area contributed by atoms with Crippen molar-refractivity contribution in [3.8, 4) is 5.75 Å². The molecule has 1 aromatic rings. The van der Waals surface area contributed by atoms with Gasteiger partial charge in [0.05, 0.1) is 5.56 Å². The molecule has 4 nitrogen and oxygen atoms in total. The van der Waals surface area contributed by atoms with Crippen LogP contribution in [0.5, 0.6) is 5.75 Å². The molecule has 0 aromatic heterocycles. The smallest absolute Gasteiger partial charge is 0.255 e. The molecule has 1 aliphatic heterocycles. The van der Waals surface area contributed by atoms with Crippen LogP contribution in [-0.2, 0) is 0 Å². The number of rotatable bonds is 6. The highest BCUT2D eigenvalue weighted by Crippen LogP contribution is 2.17. The lowest BCUT2D eigenvalue weighted by atomic mass is 10.0. The van der Waals surface area contributed by atoms with Gasteiger partial charge in [-0.05, 0) is 12.1 Å². The van der Waals surface area contributed by atoms with E-state index in [1.807, 2.05) is 12.1 Å². The molecule has 1 aliphatic rings. The lowest BCUT2D eigenvalue weighted by Gasteiger charge is -2.27. The van der Waals surface area contributed by atoms with Crippen molar-refractivity contribution in [3.63, 3.8) is 0 Å². The van der Waals surface area contributed by atoms with E-state index in [0.29, 0.717) is 30.4 Å². The van der Waals surface area contributed by atoms with Crippen LogP contribution in [0.1, 0.15) is 10.4 Å². The second-order valence-corrected chi connectivity index (χ2v) is 4.33. The van der Waals surface area contributed by atoms with Gasteiger partial charge in [-0.25, -0.2) is 0 Å². The van der Waals surface area contributed by atoms with Crippen molar-refractivity contribution in [2.45, 2.75) is 0 Å². The maximum atomic E-state index is 12.0. The summed E-state index contributed by atoms with van der Waals surface area (Å²) in [6.07, 6.45) is 1.66. The zero-order chi connectivity index (χ0) is 12.8. The largest absolute Gasteiger partial charge is 0.489 e. The van der Waals surface area contributed by atoms with Gasteiger partial charge in [0.25, 0.3) is 5.91 Å². The number of ether oxygens (including phenoxy) is 1. The maximum absolute atomic E-state index is 12.0. The van der Waals surface area contributed by atoms with Gasteiger partial charge < -0.3 is 15.4 Å². The average molecular weight is 246 g/mol. The van der Waals surface area contributed by atoms with Crippen molar-refractivity contribution in [2.75, 3.05) is 26.2 Å². The van der Waals surface area contributed by atoms with Crippen molar-refractivity contribution in [2.24, 2.45) is 5.92 Å². The van der Waals surface area contributed by atoms with E-state index < -0.39 is 0 Å². The van der Waals surface area contributed by atoms with Gasteiger partial charge >= 0.3 is 0 Å². The minimum Gasteiger partial charge on any atom is -0.489 e. The summed E-state index contributed by atoms with van der Waals surface area (Å²) in [5, 5.41) is 6.11. The third-order valence-electron chi connectivity index (χ3n) is 2.91. The molecule has 1 amide bonds. The quantitative estimate of drug-likeness (QED) is 0.742. The highest BCUT2D eigenvalue weighted by Gasteiger charge is 2.18. The molecular formula is C14H18N2O2. The van der Waals surface area contributed by atoms with E-state index >= 15 is 0 Å². The number of hydrogen-bond acceptors (Lipinski definition) is 3. The molecule has 1 saturated heterocycles. The summed E-state index contributed by atoms with van der Waals surface area (Å²) in [4.78, 5) is 12.0.